The van der Waals surface area contributed by atoms with Gasteiger partial charge in [0.2, 0.25) is 5.91 Å². The lowest BCUT2D eigenvalue weighted by Gasteiger charge is -2.31. The zero-order valence-corrected chi connectivity index (χ0v) is 18.0. The van der Waals surface area contributed by atoms with Gasteiger partial charge in [-0.25, -0.2) is 9.82 Å². The Labute approximate surface area is 186 Å². The molecular weight excluding hydrogens is 413 g/mol. The fourth-order valence-electron chi connectivity index (χ4n) is 2.62. The zero-order chi connectivity index (χ0) is 23.3. The standard InChI is InChI=1S/C17H20FN5O3.C6H6/c1-12(21-23-8-7-22(2)17(26)15(23)11-24)10-19-20-16(25)9-13-3-5-14(18)6-4-13;1-2-4-6-5-3-1/h3-6,10-11,24H,7-9H2,1-2H3,(H,20,25);1-6H/b15-11+,19-10+,21-12+;. The van der Waals surface area contributed by atoms with Crippen molar-refractivity contribution in [3.63, 3.8) is 0 Å². The van der Waals surface area contributed by atoms with Crippen LogP contribution >= 0.6 is 0 Å². The van der Waals surface area contributed by atoms with Crippen LogP contribution in [-0.4, -0.2) is 58.9 Å². The highest BCUT2D eigenvalue weighted by atomic mass is 19.1. The topological polar surface area (TPSA) is 97.6 Å². The fraction of sp³-hybridized carbons (Fsp3) is 0.217. The van der Waals surface area contributed by atoms with Crippen LogP contribution in [0.15, 0.2) is 82.8 Å². The van der Waals surface area contributed by atoms with Crippen molar-refractivity contribution in [1.82, 2.24) is 15.3 Å². The number of likely N-dealkylation sites (N-methyl/N-ethyl adjacent to an activating group) is 1. The average molecular weight is 439 g/mol. The Morgan fingerprint density at radius 1 is 1.12 bits per heavy atom. The number of aliphatic hydroxyl groups excluding tert-OH is 1. The van der Waals surface area contributed by atoms with Gasteiger partial charge in [0.15, 0.2) is 5.70 Å². The van der Waals surface area contributed by atoms with E-state index >= 15 is 0 Å². The molecule has 9 heteroatoms. The molecule has 1 saturated heterocycles. The average Bonchev–Trinajstić information content (AvgIpc) is 2.80. The van der Waals surface area contributed by atoms with Gasteiger partial charge >= 0.3 is 0 Å². The van der Waals surface area contributed by atoms with E-state index in [1.165, 1.54) is 40.4 Å². The summed E-state index contributed by atoms with van der Waals surface area (Å²) in [7, 11) is 1.64. The number of rotatable bonds is 5. The lowest BCUT2D eigenvalue weighted by molar-refractivity contribution is -0.130. The van der Waals surface area contributed by atoms with Crippen molar-refractivity contribution in [3.8, 4) is 0 Å². The summed E-state index contributed by atoms with van der Waals surface area (Å²) in [6.07, 6.45) is 2.12. The number of carbonyl (C=O) groups is 2. The van der Waals surface area contributed by atoms with Crippen molar-refractivity contribution in [1.29, 1.82) is 0 Å². The van der Waals surface area contributed by atoms with E-state index in [9.17, 15) is 19.1 Å². The summed E-state index contributed by atoms with van der Waals surface area (Å²) in [6.45, 7) is 2.54. The van der Waals surface area contributed by atoms with Crippen LogP contribution in [0.3, 0.4) is 0 Å². The molecule has 168 valence electrons. The van der Waals surface area contributed by atoms with Crippen molar-refractivity contribution < 1.29 is 19.1 Å². The molecule has 0 unspecified atom stereocenters. The predicted octanol–water partition coefficient (Wildman–Crippen LogP) is 2.71. The van der Waals surface area contributed by atoms with Gasteiger partial charge in [-0.3, -0.25) is 14.6 Å². The van der Waals surface area contributed by atoms with Crippen LogP contribution in [0.4, 0.5) is 4.39 Å². The van der Waals surface area contributed by atoms with Gasteiger partial charge in [0.25, 0.3) is 5.91 Å². The smallest absolute Gasteiger partial charge is 0.275 e. The SMILES string of the molecule is CC(/C=N/NC(=O)Cc1ccc(F)cc1)=N\N1CCN(C)C(=O)/C1=C\O.c1ccccc1. The van der Waals surface area contributed by atoms with Crippen molar-refractivity contribution in [3.05, 3.63) is 84.0 Å². The molecule has 1 aliphatic heterocycles. The number of hydrazone groups is 2. The van der Waals surface area contributed by atoms with E-state index < -0.39 is 0 Å². The molecule has 2 amide bonds. The maximum Gasteiger partial charge on any atom is 0.275 e. The molecule has 2 aromatic carbocycles. The number of nitrogens with one attached hydrogen (secondary N) is 1. The molecule has 8 nitrogen and oxygen atoms in total. The number of hydrogen-bond acceptors (Lipinski definition) is 6. The van der Waals surface area contributed by atoms with E-state index in [2.05, 4.69) is 15.6 Å². The molecule has 2 N–H and O–H groups in total. The van der Waals surface area contributed by atoms with Gasteiger partial charge in [0.05, 0.1) is 24.9 Å². The first-order valence-electron chi connectivity index (χ1n) is 9.89. The van der Waals surface area contributed by atoms with Gasteiger partial charge in [0.1, 0.15) is 12.1 Å². The number of amides is 2. The summed E-state index contributed by atoms with van der Waals surface area (Å²) in [5.41, 5.74) is 3.51. The summed E-state index contributed by atoms with van der Waals surface area (Å²) in [4.78, 5) is 25.2. The second kappa shape index (κ2) is 12.6. The minimum atomic E-state index is -0.363. The Morgan fingerprint density at radius 2 is 1.72 bits per heavy atom. The largest absolute Gasteiger partial charge is 0.513 e. The highest BCUT2D eigenvalue weighted by Gasteiger charge is 2.26. The van der Waals surface area contributed by atoms with Crippen LogP contribution in [0, 0.1) is 5.82 Å². The first-order chi connectivity index (χ1) is 15.4. The second-order valence-electron chi connectivity index (χ2n) is 6.86. The molecule has 0 aromatic heterocycles. The maximum atomic E-state index is 12.8. The van der Waals surface area contributed by atoms with Crippen LogP contribution in [0.2, 0.25) is 0 Å². The maximum absolute atomic E-state index is 12.8. The highest BCUT2D eigenvalue weighted by Crippen LogP contribution is 2.13. The number of halogens is 1. The van der Waals surface area contributed by atoms with E-state index in [0.717, 1.165) is 6.26 Å². The molecule has 1 fully saturated rings. The zero-order valence-electron chi connectivity index (χ0n) is 18.0. The first-order valence-corrected chi connectivity index (χ1v) is 9.89. The summed E-state index contributed by atoms with van der Waals surface area (Å²) in [5.74, 6) is -1.05. The Kier molecular flexibility index (Phi) is 9.58. The molecule has 32 heavy (non-hydrogen) atoms. The van der Waals surface area contributed by atoms with E-state index in [4.69, 9.17) is 0 Å². The molecule has 0 atom stereocenters. The third-order valence-corrected chi connectivity index (χ3v) is 4.28. The number of piperazine rings is 1. The summed E-state index contributed by atoms with van der Waals surface area (Å²) < 4.78 is 12.8. The minimum absolute atomic E-state index is 0.0619. The Hall–Kier alpha value is -4.01. The van der Waals surface area contributed by atoms with E-state index in [1.807, 2.05) is 36.4 Å². The van der Waals surface area contributed by atoms with Crippen LogP contribution in [0.1, 0.15) is 12.5 Å². The van der Waals surface area contributed by atoms with Crippen LogP contribution in [0.25, 0.3) is 0 Å². The van der Waals surface area contributed by atoms with Crippen molar-refractivity contribution in [2.75, 3.05) is 20.1 Å². The Bertz CT molecular complexity index is 948. The van der Waals surface area contributed by atoms with Crippen molar-refractivity contribution in [2.45, 2.75) is 13.3 Å². The van der Waals surface area contributed by atoms with Gasteiger partial charge in [0, 0.05) is 13.6 Å². The Morgan fingerprint density at radius 3 is 2.28 bits per heavy atom. The van der Waals surface area contributed by atoms with Gasteiger partial charge in [-0.15, -0.1) is 0 Å². The van der Waals surface area contributed by atoms with Crippen molar-refractivity contribution in [2.24, 2.45) is 10.2 Å². The number of benzene rings is 2. The fourth-order valence-corrected chi connectivity index (χ4v) is 2.62. The van der Waals surface area contributed by atoms with Crippen LogP contribution in [0.5, 0.6) is 0 Å². The monoisotopic (exact) mass is 439 g/mol. The first kappa shape index (κ1) is 24.3. The third kappa shape index (κ3) is 8.02. The number of aliphatic hydroxyl groups is 1. The molecule has 3 rings (SSSR count). The second-order valence-corrected chi connectivity index (χ2v) is 6.86. The lowest BCUT2D eigenvalue weighted by Crippen LogP contribution is -2.45. The summed E-state index contributed by atoms with van der Waals surface area (Å²) in [5, 5.41) is 18.6. The molecule has 1 heterocycles. The van der Waals surface area contributed by atoms with E-state index in [0.29, 0.717) is 24.4 Å². The van der Waals surface area contributed by atoms with Crippen LogP contribution in [-0.2, 0) is 16.0 Å². The molecular formula is C23H26FN5O3. The van der Waals surface area contributed by atoms with Gasteiger partial charge < -0.3 is 10.0 Å². The third-order valence-electron chi connectivity index (χ3n) is 4.28. The minimum Gasteiger partial charge on any atom is -0.513 e. The van der Waals surface area contributed by atoms with E-state index in [1.54, 1.807) is 14.0 Å². The molecule has 2 aromatic rings. The van der Waals surface area contributed by atoms with Gasteiger partial charge in [-0.05, 0) is 24.6 Å². The molecule has 0 spiro atoms. The van der Waals surface area contributed by atoms with Crippen molar-refractivity contribution >= 4 is 23.7 Å². The molecule has 1 aliphatic rings. The lowest BCUT2D eigenvalue weighted by atomic mass is 10.1. The number of nitrogens with zero attached hydrogens (tertiary/aromatic N) is 4. The number of hydrogen-bond donors (Lipinski definition) is 2. The normalized spacial score (nSPS) is 15.5. The highest BCUT2D eigenvalue weighted by molar-refractivity contribution is 6.29. The van der Waals surface area contributed by atoms with Crippen LogP contribution < -0.4 is 5.43 Å². The molecule has 0 saturated carbocycles. The van der Waals surface area contributed by atoms with Gasteiger partial charge in [-0.1, -0.05) is 48.5 Å². The number of carbonyl (C=O) groups excluding carboxylic acids is 2. The molecule has 0 radical (unpaired) electrons. The summed E-state index contributed by atoms with van der Waals surface area (Å²) >= 11 is 0. The molecule has 0 bridgehead atoms. The van der Waals surface area contributed by atoms with E-state index in [-0.39, 0.29) is 29.7 Å². The molecule has 0 aliphatic carbocycles. The predicted molar refractivity (Wildman–Crippen MR) is 121 cm³/mol. The Balaban J connectivity index is 0.000000520. The quantitative estimate of drug-likeness (QED) is 0.324. The van der Waals surface area contributed by atoms with Gasteiger partial charge in [-0.2, -0.15) is 10.2 Å². The summed E-state index contributed by atoms with van der Waals surface area (Å²) in [6, 6.07) is 17.6.